The third-order valence-corrected chi connectivity index (χ3v) is 3.61. The number of benzene rings is 1. The van der Waals surface area contributed by atoms with E-state index in [1.807, 2.05) is 0 Å². The summed E-state index contributed by atoms with van der Waals surface area (Å²) >= 11 is 0. The lowest BCUT2D eigenvalue weighted by atomic mass is 9.97. The van der Waals surface area contributed by atoms with Crippen LogP contribution in [0.5, 0.6) is 5.75 Å². The molecular formula is C15H20FNO3. The van der Waals surface area contributed by atoms with Crippen LogP contribution >= 0.6 is 0 Å². The van der Waals surface area contributed by atoms with Gasteiger partial charge in [0, 0.05) is 6.54 Å². The second-order valence-electron chi connectivity index (χ2n) is 4.94. The number of carbonyl (C=O) groups is 1. The lowest BCUT2D eigenvalue weighted by molar-refractivity contribution is -0.147. The third-order valence-electron chi connectivity index (χ3n) is 3.61. The molecule has 0 N–H and O–H groups in total. The maximum absolute atomic E-state index is 12.7. The van der Waals surface area contributed by atoms with Crippen LogP contribution in [-0.2, 0) is 9.53 Å². The molecular weight excluding hydrogens is 261 g/mol. The van der Waals surface area contributed by atoms with E-state index in [0.717, 1.165) is 32.5 Å². The molecule has 1 aromatic rings. The molecule has 1 aliphatic heterocycles. The highest BCUT2D eigenvalue weighted by Crippen LogP contribution is 2.18. The van der Waals surface area contributed by atoms with Gasteiger partial charge in [0.2, 0.25) is 0 Å². The molecule has 0 amide bonds. The van der Waals surface area contributed by atoms with Gasteiger partial charge in [0.1, 0.15) is 18.2 Å². The summed E-state index contributed by atoms with van der Waals surface area (Å²) in [5.41, 5.74) is 0. The number of methoxy groups -OCH3 is 1. The van der Waals surface area contributed by atoms with E-state index in [4.69, 9.17) is 9.47 Å². The van der Waals surface area contributed by atoms with Gasteiger partial charge in [-0.1, -0.05) is 0 Å². The quantitative estimate of drug-likeness (QED) is 0.775. The van der Waals surface area contributed by atoms with Gasteiger partial charge in [-0.2, -0.15) is 0 Å². The molecule has 1 aliphatic rings. The van der Waals surface area contributed by atoms with E-state index in [2.05, 4.69) is 4.90 Å². The van der Waals surface area contributed by atoms with E-state index in [1.165, 1.54) is 19.2 Å². The van der Waals surface area contributed by atoms with Crippen molar-refractivity contribution >= 4 is 5.97 Å². The zero-order chi connectivity index (χ0) is 14.4. The fourth-order valence-corrected chi connectivity index (χ4v) is 2.38. The van der Waals surface area contributed by atoms with Crippen molar-refractivity contribution in [3.05, 3.63) is 30.1 Å². The molecule has 5 heteroatoms. The Kier molecular flexibility index (Phi) is 5.35. The van der Waals surface area contributed by atoms with Crippen molar-refractivity contribution in [1.82, 2.24) is 4.90 Å². The first-order chi connectivity index (χ1) is 9.69. The van der Waals surface area contributed by atoms with Gasteiger partial charge in [0.25, 0.3) is 0 Å². The van der Waals surface area contributed by atoms with Crippen LogP contribution < -0.4 is 4.74 Å². The third kappa shape index (κ3) is 4.20. The highest BCUT2D eigenvalue weighted by atomic mass is 19.1. The largest absolute Gasteiger partial charge is 0.492 e. The van der Waals surface area contributed by atoms with E-state index >= 15 is 0 Å². The average molecular weight is 281 g/mol. The van der Waals surface area contributed by atoms with Crippen molar-refractivity contribution in [2.24, 2.45) is 5.92 Å². The highest BCUT2D eigenvalue weighted by molar-refractivity contribution is 5.72. The van der Waals surface area contributed by atoms with Gasteiger partial charge in [-0.3, -0.25) is 9.69 Å². The maximum Gasteiger partial charge on any atom is 0.308 e. The van der Waals surface area contributed by atoms with Gasteiger partial charge in [-0.25, -0.2) is 4.39 Å². The number of piperidine rings is 1. The summed E-state index contributed by atoms with van der Waals surface area (Å²) in [5, 5.41) is 0. The standard InChI is InChI=1S/C15H20FNO3/c1-19-15(18)12-6-8-17(9-7-12)10-11-20-14-4-2-13(16)3-5-14/h2-5,12H,6-11H2,1H3. The summed E-state index contributed by atoms with van der Waals surface area (Å²) in [6, 6.07) is 6.02. The summed E-state index contributed by atoms with van der Waals surface area (Å²) in [4.78, 5) is 13.7. The minimum absolute atomic E-state index is 0.0364. The van der Waals surface area contributed by atoms with Gasteiger partial charge in [-0.05, 0) is 50.2 Å². The molecule has 0 spiro atoms. The predicted molar refractivity (Wildman–Crippen MR) is 73.1 cm³/mol. The molecule has 0 unspecified atom stereocenters. The van der Waals surface area contributed by atoms with E-state index in [1.54, 1.807) is 12.1 Å². The number of likely N-dealkylation sites (tertiary alicyclic amines) is 1. The minimum atomic E-state index is -0.262. The topological polar surface area (TPSA) is 38.8 Å². The van der Waals surface area contributed by atoms with Gasteiger partial charge < -0.3 is 9.47 Å². The maximum atomic E-state index is 12.7. The molecule has 1 heterocycles. The summed E-state index contributed by atoms with van der Waals surface area (Å²) in [5.74, 6) is 0.347. The zero-order valence-electron chi connectivity index (χ0n) is 11.7. The SMILES string of the molecule is COC(=O)C1CCN(CCOc2ccc(F)cc2)CC1. The smallest absolute Gasteiger partial charge is 0.308 e. The molecule has 20 heavy (non-hydrogen) atoms. The molecule has 0 bridgehead atoms. The van der Waals surface area contributed by atoms with Crippen LogP contribution in [0, 0.1) is 11.7 Å². The van der Waals surface area contributed by atoms with Crippen molar-refractivity contribution < 1.29 is 18.7 Å². The van der Waals surface area contributed by atoms with Crippen LogP contribution in [0.1, 0.15) is 12.8 Å². The summed E-state index contributed by atoms with van der Waals surface area (Å²) < 4.78 is 23.0. The van der Waals surface area contributed by atoms with Crippen molar-refractivity contribution in [1.29, 1.82) is 0 Å². The average Bonchev–Trinajstić information content (AvgIpc) is 2.49. The number of nitrogens with zero attached hydrogens (tertiary/aromatic N) is 1. The summed E-state index contributed by atoms with van der Waals surface area (Å²) in [6.07, 6.45) is 1.67. The second kappa shape index (κ2) is 7.24. The van der Waals surface area contributed by atoms with Crippen LogP contribution in [0.4, 0.5) is 4.39 Å². The summed E-state index contributed by atoms with van der Waals surface area (Å²) in [7, 11) is 1.44. The zero-order valence-corrected chi connectivity index (χ0v) is 11.7. The highest BCUT2D eigenvalue weighted by Gasteiger charge is 2.25. The Bertz CT molecular complexity index is 427. The molecule has 0 saturated carbocycles. The van der Waals surface area contributed by atoms with Crippen LogP contribution in [-0.4, -0.2) is 44.2 Å². The van der Waals surface area contributed by atoms with Gasteiger partial charge in [-0.15, -0.1) is 0 Å². The van der Waals surface area contributed by atoms with Crippen LogP contribution in [0.2, 0.25) is 0 Å². The second-order valence-corrected chi connectivity index (χ2v) is 4.94. The van der Waals surface area contributed by atoms with Crippen LogP contribution in [0.3, 0.4) is 0 Å². The van der Waals surface area contributed by atoms with Crippen molar-refractivity contribution in [2.75, 3.05) is 33.4 Å². The Balaban J connectivity index is 1.66. The summed E-state index contributed by atoms with van der Waals surface area (Å²) in [6.45, 7) is 3.14. The van der Waals surface area contributed by atoms with Crippen LogP contribution in [0.15, 0.2) is 24.3 Å². The van der Waals surface area contributed by atoms with Crippen molar-refractivity contribution in [2.45, 2.75) is 12.8 Å². The molecule has 0 atom stereocenters. The molecule has 4 nitrogen and oxygen atoms in total. The molecule has 1 fully saturated rings. The molecule has 0 aliphatic carbocycles. The number of ether oxygens (including phenoxy) is 2. The fourth-order valence-electron chi connectivity index (χ4n) is 2.38. The Morgan fingerprint density at radius 1 is 1.30 bits per heavy atom. The van der Waals surface area contributed by atoms with Crippen LogP contribution in [0.25, 0.3) is 0 Å². The first-order valence-corrected chi connectivity index (χ1v) is 6.87. The number of hydrogen-bond acceptors (Lipinski definition) is 4. The number of carbonyl (C=O) groups excluding carboxylic acids is 1. The Labute approximate surface area is 118 Å². The Hall–Kier alpha value is -1.62. The van der Waals surface area contributed by atoms with E-state index in [0.29, 0.717) is 12.4 Å². The Morgan fingerprint density at radius 3 is 2.55 bits per heavy atom. The minimum Gasteiger partial charge on any atom is -0.492 e. The first kappa shape index (κ1) is 14.8. The molecule has 0 radical (unpaired) electrons. The Morgan fingerprint density at radius 2 is 1.95 bits per heavy atom. The first-order valence-electron chi connectivity index (χ1n) is 6.87. The van der Waals surface area contributed by atoms with Crippen molar-refractivity contribution in [3.63, 3.8) is 0 Å². The van der Waals surface area contributed by atoms with Gasteiger partial charge >= 0.3 is 5.97 Å². The number of esters is 1. The molecule has 1 aromatic carbocycles. The molecule has 110 valence electrons. The predicted octanol–water partition coefficient (Wildman–Crippen LogP) is 2.09. The number of rotatable bonds is 5. The number of halogens is 1. The lowest BCUT2D eigenvalue weighted by Crippen LogP contribution is -2.38. The monoisotopic (exact) mass is 281 g/mol. The van der Waals surface area contributed by atoms with Crippen molar-refractivity contribution in [3.8, 4) is 5.75 Å². The van der Waals surface area contributed by atoms with E-state index in [-0.39, 0.29) is 17.7 Å². The number of hydrogen-bond donors (Lipinski definition) is 0. The van der Waals surface area contributed by atoms with Gasteiger partial charge in [0.05, 0.1) is 13.0 Å². The fraction of sp³-hybridized carbons (Fsp3) is 0.533. The lowest BCUT2D eigenvalue weighted by Gasteiger charge is -2.30. The molecule has 2 rings (SSSR count). The normalized spacial score (nSPS) is 16.9. The molecule has 0 aromatic heterocycles. The van der Waals surface area contributed by atoms with E-state index in [9.17, 15) is 9.18 Å². The molecule has 1 saturated heterocycles. The van der Waals surface area contributed by atoms with E-state index < -0.39 is 0 Å². The van der Waals surface area contributed by atoms with Gasteiger partial charge in [0.15, 0.2) is 0 Å².